The third-order valence-electron chi connectivity index (χ3n) is 5.16. The number of nitrogens with zero attached hydrogens (tertiary/aromatic N) is 2. The smallest absolute Gasteiger partial charge is 0.388 e. The summed E-state index contributed by atoms with van der Waals surface area (Å²) >= 11 is 0. The van der Waals surface area contributed by atoms with Gasteiger partial charge in [-0.3, -0.25) is 4.79 Å². The first-order chi connectivity index (χ1) is 15.2. The summed E-state index contributed by atoms with van der Waals surface area (Å²) in [6, 6.07) is 6.99. The predicted molar refractivity (Wildman–Crippen MR) is 114 cm³/mol. The van der Waals surface area contributed by atoms with Crippen LogP contribution in [-0.2, 0) is 4.74 Å². The molecule has 1 aromatic carbocycles. The van der Waals surface area contributed by atoms with Gasteiger partial charge in [-0.05, 0) is 61.2 Å². The Kier molecular flexibility index (Phi) is 6.82. The Balaban J connectivity index is 1.73. The Bertz CT molecular complexity index is 1060. The molecule has 5 N–H and O–H groups in total. The first-order valence-corrected chi connectivity index (χ1v) is 9.70. The van der Waals surface area contributed by atoms with Crippen LogP contribution in [0.5, 0.6) is 0 Å². The van der Waals surface area contributed by atoms with E-state index in [1.807, 2.05) is 0 Å². The maximum Gasteiger partial charge on any atom is 0.388 e. The van der Waals surface area contributed by atoms with Gasteiger partial charge in [0.2, 0.25) is 5.91 Å². The van der Waals surface area contributed by atoms with Gasteiger partial charge in [0.25, 0.3) is 0 Å². The molecule has 2 aromatic rings. The van der Waals surface area contributed by atoms with Gasteiger partial charge in [-0.1, -0.05) is 18.7 Å². The topological polar surface area (TPSA) is 116 Å². The highest BCUT2D eigenvalue weighted by Gasteiger charge is 2.39. The van der Waals surface area contributed by atoms with Crippen LogP contribution in [0.1, 0.15) is 29.6 Å². The fraction of sp³-hybridized carbons (Fsp3) is 0.227. The summed E-state index contributed by atoms with van der Waals surface area (Å²) in [5.74, 6) is -1.19. The third-order valence-corrected chi connectivity index (χ3v) is 5.16. The van der Waals surface area contributed by atoms with E-state index in [1.54, 1.807) is 18.2 Å². The van der Waals surface area contributed by atoms with Crippen LogP contribution in [0.15, 0.2) is 66.6 Å². The molecular weight excluding hydrogens is 423 g/mol. The van der Waals surface area contributed by atoms with Crippen LogP contribution in [0.3, 0.4) is 0 Å². The van der Waals surface area contributed by atoms with Gasteiger partial charge < -0.3 is 21.5 Å². The molecule has 0 saturated heterocycles. The first-order valence-electron chi connectivity index (χ1n) is 9.70. The molecule has 168 valence electrons. The second kappa shape index (κ2) is 9.54. The zero-order chi connectivity index (χ0) is 23.3. The Morgan fingerprint density at radius 1 is 1.22 bits per heavy atom. The molecule has 1 amide bonds. The standard InChI is InChI=1S/C22H22F3N5O2/c1-13(4-2-5-18(26)32-21(24)25)22(10-3-11-22)28-19-9-8-17(29-30-19)15-12-14(20(27)31)6-7-16(15)23/h2,4-9,12,21H,1,3,10-11,26H2,(H2,27,31)(H,28,30)/b4-2-,18-5+. The maximum absolute atomic E-state index is 14.2. The summed E-state index contributed by atoms with van der Waals surface area (Å²) in [6.07, 6.45) is 6.87. The molecule has 3 rings (SSSR count). The highest BCUT2D eigenvalue weighted by atomic mass is 19.3. The van der Waals surface area contributed by atoms with Crippen LogP contribution in [0.2, 0.25) is 0 Å². The Morgan fingerprint density at radius 2 is 1.97 bits per heavy atom. The van der Waals surface area contributed by atoms with Gasteiger partial charge in [0.05, 0.1) is 11.2 Å². The number of hydrogen-bond acceptors (Lipinski definition) is 6. The summed E-state index contributed by atoms with van der Waals surface area (Å²) in [4.78, 5) is 11.4. The lowest BCUT2D eigenvalue weighted by Crippen LogP contribution is -2.46. The Labute approximate surface area is 182 Å². The zero-order valence-corrected chi connectivity index (χ0v) is 17.0. The lowest BCUT2D eigenvalue weighted by atomic mass is 9.71. The minimum Gasteiger partial charge on any atom is -0.420 e. The van der Waals surface area contributed by atoms with Crippen LogP contribution in [0.25, 0.3) is 11.3 Å². The molecule has 1 aliphatic rings. The number of nitrogens with two attached hydrogens (primary N) is 2. The SMILES string of the molecule is C=C(/C=C\C=C(/N)OC(F)F)C1(Nc2ccc(-c3cc(C(N)=O)ccc3F)nn2)CCC1. The number of benzene rings is 1. The molecule has 0 radical (unpaired) electrons. The number of amides is 1. The molecule has 1 aliphatic carbocycles. The first kappa shape index (κ1) is 22.9. The number of carbonyl (C=O) groups excluding carboxylic acids is 1. The summed E-state index contributed by atoms with van der Waals surface area (Å²) < 4.78 is 42.5. The number of hydrogen-bond donors (Lipinski definition) is 3. The monoisotopic (exact) mass is 445 g/mol. The van der Waals surface area contributed by atoms with Crippen molar-refractivity contribution in [3.05, 3.63) is 78.0 Å². The van der Waals surface area contributed by atoms with Crippen LogP contribution in [0.4, 0.5) is 19.0 Å². The molecule has 0 bridgehead atoms. The van der Waals surface area contributed by atoms with E-state index in [4.69, 9.17) is 11.5 Å². The molecular formula is C22H22F3N5O2. The van der Waals surface area contributed by atoms with E-state index >= 15 is 0 Å². The van der Waals surface area contributed by atoms with Gasteiger partial charge in [-0.15, -0.1) is 10.2 Å². The average Bonchev–Trinajstić information content (AvgIpc) is 2.70. The van der Waals surface area contributed by atoms with E-state index in [2.05, 4.69) is 26.8 Å². The fourth-order valence-corrected chi connectivity index (χ4v) is 3.28. The van der Waals surface area contributed by atoms with E-state index in [0.29, 0.717) is 11.4 Å². The molecule has 1 aromatic heterocycles. The second-order valence-corrected chi connectivity index (χ2v) is 7.26. The molecule has 1 saturated carbocycles. The molecule has 0 spiro atoms. The second-order valence-electron chi connectivity index (χ2n) is 7.26. The van der Waals surface area contributed by atoms with Crippen molar-refractivity contribution in [3.63, 3.8) is 0 Å². The van der Waals surface area contributed by atoms with Gasteiger partial charge in [-0.25, -0.2) is 4.39 Å². The number of nitrogens with one attached hydrogen (secondary N) is 1. The number of rotatable bonds is 9. The average molecular weight is 445 g/mol. The minimum atomic E-state index is -2.99. The summed E-state index contributed by atoms with van der Waals surface area (Å²) in [6.45, 7) is 1.07. The largest absolute Gasteiger partial charge is 0.420 e. The summed E-state index contributed by atoms with van der Waals surface area (Å²) in [7, 11) is 0. The molecule has 1 fully saturated rings. The van der Waals surface area contributed by atoms with Crippen molar-refractivity contribution in [1.29, 1.82) is 0 Å². The number of anilines is 1. The van der Waals surface area contributed by atoms with Crippen molar-refractivity contribution in [3.8, 4) is 11.3 Å². The quantitative estimate of drug-likeness (QED) is 0.399. The Hall–Kier alpha value is -3.82. The lowest BCUT2D eigenvalue weighted by molar-refractivity contribution is -0.0968. The lowest BCUT2D eigenvalue weighted by Gasteiger charge is -2.43. The van der Waals surface area contributed by atoms with E-state index in [1.165, 1.54) is 24.3 Å². The number of ether oxygens (including phenoxy) is 1. The highest BCUT2D eigenvalue weighted by molar-refractivity contribution is 5.94. The minimum absolute atomic E-state index is 0.112. The summed E-state index contributed by atoms with van der Waals surface area (Å²) in [5.41, 5.74) is 11.3. The molecule has 0 unspecified atom stereocenters. The number of carbonyl (C=O) groups is 1. The number of alkyl halides is 2. The normalized spacial score (nSPS) is 15.4. The van der Waals surface area contributed by atoms with Crippen molar-refractivity contribution in [2.24, 2.45) is 11.5 Å². The van der Waals surface area contributed by atoms with Gasteiger partial charge in [0.1, 0.15) is 11.6 Å². The van der Waals surface area contributed by atoms with E-state index in [0.717, 1.165) is 25.3 Å². The number of allylic oxidation sites excluding steroid dienone is 2. The molecule has 32 heavy (non-hydrogen) atoms. The van der Waals surface area contributed by atoms with E-state index < -0.39 is 29.8 Å². The Morgan fingerprint density at radius 3 is 2.53 bits per heavy atom. The molecule has 0 aliphatic heterocycles. The highest BCUT2D eigenvalue weighted by Crippen LogP contribution is 2.40. The molecule has 10 heteroatoms. The zero-order valence-electron chi connectivity index (χ0n) is 17.0. The third kappa shape index (κ3) is 5.26. The summed E-state index contributed by atoms with van der Waals surface area (Å²) in [5, 5.41) is 11.5. The van der Waals surface area contributed by atoms with Crippen LogP contribution < -0.4 is 16.8 Å². The number of aromatic nitrogens is 2. The van der Waals surface area contributed by atoms with Gasteiger partial charge >= 0.3 is 6.61 Å². The molecule has 7 nitrogen and oxygen atoms in total. The maximum atomic E-state index is 14.2. The van der Waals surface area contributed by atoms with E-state index in [-0.39, 0.29) is 16.8 Å². The molecule has 0 atom stereocenters. The number of primary amides is 1. The molecule has 1 heterocycles. The van der Waals surface area contributed by atoms with Gasteiger partial charge in [-0.2, -0.15) is 8.78 Å². The van der Waals surface area contributed by atoms with Crippen LogP contribution >= 0.6 is 0 Å². The predicted octanol–water partition coefficient (Wildman–Crippen LogP) is 3.87. The van der Waals surface area contributed by atoms with Crippen molar-refractivity contribution in [2.45, 2.75) is 31.4 Å². The van der Waals surface area contributed by atoms with Crippen LogP contribution in [0, 0.1) is 5.82 Å². The van der Waals surface area contributed by atoms with Crippen molar-refractivity contribution in [1.82, 2.24) is 10.2 Å². The van der Waals surface area contributed by atoms with Gasteiger partial charge in [0.15, 0.2) is 5.88 Å². The van der Waals surface area contributed by atoms with Crippen molar-refractivity contribution < 1.29 is 22.7 Å². The van der Waals surface area contributed by atoms with E-state index in [9.17, 15) is 18.0 Å². The van der Waals surface area contributed by atoms with Gasteiger partial charge in [0, 0.05) is 11.1 Å². The number of halogens is 3. The van der Waals surface area contributed by atoms with Crippen molar-refractivity contribution >= 4 is 11.7 Å². The fourth-order valence-electron chi connectivity index (χ4n) is 3.28. The van der Waals surface area contributed by atoms with Crippen molar-refractivity contribution in [2.75, 3.05) is 5.32 Å². The van der Waals surface area contributed by atoms with Crippen LogP contribution in [-0.4, -0.2) is 28.3 Å².